The molecule has 0 aliphatic carbocycles. The smallest absolute Gasteiger partial charge is 0.177 e. The fraction of sp³-hybridized carbons (Fsp3) is 0.182. The van der Waals surface area contributed by atoms with Gasteiger partial charge < -0.3 is 9.78 Å². The van der Waals surface area contributed by atoms with Gasteiger partial charge in [0.2, 0.25) is 0 Å². The van der Waals surface area contributed by atoms with E-state index < -0.39 is 5.68 Å². The minimum Gasteiger partial charge on any atom is -0.353 e. The topological polar surface area (TPSA) is 32.9 Å². The SMILES string of the molecule is CC.[B]C(=O)c1cc2ccccc2[nH]1. The van der Waals surface area contributed by atoms with E-state index in [4.69, 9.17) is 7.85 Å². The Morgan fingerprint density at radius 1 is 1.29 bits per heavy atom. The quantitative estimate of drug-likeness (QED) is 0.680. The van der Waals surface area contributed by atoms with Gasteiger partial charge in [-0.2, -0.15) is 0 Å². The molecule has 0 saturated heterocycles. The molecule has 1 aromatic heterocycles. The summed E-state index contributed by atoms with van der Waals surface area (Å²) in [6, 6.07) is 9.41. The molecule has 0 unspecified atom stereocenters. The Labute approximate surface area is 84.7 Å². The number of benzene rings is 1. The average molecular weight is 185 g/mol. The number of hydrogen-bond donors (Lipinski definition) is 1. The highest BCUT2D eigenvalue weighted by atomic mass is 16.1. The van der Waals surface area contributed by atoms with Crippen LogP contribution in [-0.4, -0.2) is 18.5 Å². The van der Waals surface area contributed by atoms with Crippen molar-refractivity contribution >= 4 is 24.4 Å². The van der Waals surface area contributed by atoms with E-state index in [1.54, 1.807) is 6.07 Å². The number of hydrogen-bond acceptors (Lipinski definition) is 1. The molecule has 1 N–H and O–H groups in total. The average Bonchev–Trinajstić information content (AvgIpc) is 2.64. The lowest BCUT2D eigenvalue weighted by molar-refractivity contribution is 0.107. The first kappa shape index (κ1) is 10.6. The van der Waals surface area contributed by atoms with Crippen LogP contribution in [0.4, 0.5) is 0 Å². The summed E-state index contributed by atoms with van der Waals surface area (Å²) in [6.45, 7) is 4.00. The van der Waals surface area contributed by atoms with Crippen LogP contribution < -0.4 is 0 Å². The monoisotopic (exact) mass is 185 g/mol. The molecule has 0 aliphatic heterocycles. The molecule has 70 valence electrons. The second-order valence-electron chi connectivity index (χ2n) is 2.63. The lowest BCUT2D eigenvalue weighted by Crippen LogP contribution is -1.96. The Kier molecular flexibility index (Phi) is 3.51. The van der Waals surface area contributed by atoms with Gasteiger partial charge in [-0.15, -0.1) is 0 Å². The van der Waals surface area contributed by atoms with Crippen molar-refractivity contribution in [2.24, 2.45) is 0 Å². The fourth-order valence-corrected chi connectivity index (χ4v) is 1.21. The number of para-hydroxylation sites is 1. The Balaban J connectivity index is 0.000000461. The molecule has 0 amide bonds. The van der Waals surface area contributed by atoms with E-state index in [0.717, 1.165) is 10.9 Å². The van der Waals surface area contributed by atoms with Crippen LogP contribution in [0.5, 0.6) is 0 Å². The number of aromatic nitrogens is 1. The number of H-pyrrole nitrogens is 1. The molecule has 14 heavy (non-hydrogen) atoms. The van der Waals surface area contributed by atoms with Gasteiger partial charge in [0, 0.05) is 10.9 Å². The van der Waals surface area contributed by atoms with Crippen molar-refractivity contribution in [3.63, 3.8) is 0 Å². The second kappa shape index (κ2) is 4.65. The zero-order chi connectivity index (χ0) is 10.6. The van der Waals surface area contributed by atoms with E-state index in [-0.39, 0.29) is 0 Å². The zero-order valence-electron chi connectivity index (χ0n) is 8.37. The van der Waals surface area contributed by atoms with E-state index in [0.29, 0.717) is 5.69 Å². The van der Waals surface area contributed by atoms with Crippen LogP contribution in [-0.2, 0) is 0 Å². The number of nitrogens with one attached hydrogen (secondary N) is 1. The maximum atomic E-state index is 10.8. The van der Waals surface area contributed by atoms with E-state index >= 15 is 0 Å². The summed E-state index contributed by atoms with van der Waals surface area (Å²) < 4.78 is 0. The third-order valence-electron chi connectivity index (χ3n) is 1.80. The second-order valence-corrected chi connectivity index (χ2v) is 2.63. The van der Waals surface area contributed by atoms with Crippen LogP contribution in [0.3, 0.4) is 0 Å². The van der Waals surface area contributed by atoms with Gasteiger partial charge >= 0.3 is 0 Å². The van der Waals surface area contributed by atoms with Gasteiger partial charge in [-0.25, -0.2) is 0 Å². The highest BCUT2D eigenvalue weighted by Crippen LogP contribution is 2.13. The molecule has 0 saturated carbocycles. The van der Waals surface area contributed by atoms with Gasteiger partial charge in [-0.05, 0) is 12.1 Å². The van der Waals surface area contributed by atoms with E-state index in [1.807, 2.05) is 38.1 Å². The van der Waals surface area contributed by atoms with Crippen molar-refractivity contribution in [3.05, 3.63) is 36.0 Å². The molecule has 0 fully saturated rings. The van der Waals surface area contributed by atoms with E-state index in [2.05, 4.69) is 4.98 Å². The lowest BCUT2D eigenvalue weighted by Gasteiger charge is -1.85. The molecule has 2 nitrogen and oxygen atoms in total. The normalized spacial score (nSPS) is 9.29. The molecule has 2 aromatic rings. The number of fused-ring (bicyclic) bond motifs is 1. The summed E-state index contributed by atoms with van der Waals surface area (Å²) in [5, 5.41) is 1.01. The summed E-state index contributed by atoms with van der Waals surface area (Å²) in [5.74, 6) is 0. The first-order chi connectivity index (χ1) is 6.77. The molecule has 0 aliphatic rings. The first-order valence-corrected chi connectivity index (χ1v) is 4.65. The highest BCUT2D eigenvalue weighted by Gasteiger charge is 2.01. The van der Waals surface area contributed by atoms with Crippen LogP contribution in [0.25, 0.3) is 10.9 Å². The third-order valence-corrected chi connectivity index (χ3v) is 1.80. The Morgan fingerprint density at radius 2 is 1.93 bits per heavy atom. The lowest BCUT2D eigenvalue weighted by atomic mass is 10.00. The molecular weight excluding hydrogens is 173 g/mol. The van der Waals surface area contributed by atoms with Crippen molar-refractivity contribution < 1.29 is 4.79 Å². The number of carbonyl (C=O) groups is 1. The minimum absolute atomic E-state index is 0.425. The molecule has 2 radical (unpaired) electrons. The van der Waals surface area contributed by atoms with Crippen LogP contribution >= 0.6 is 0 Å². The summed E-state index contributed by atoms with van der Waals surface area (Å²) in [5.41, 5.74) is 0.966. The summed E-state index contributed by atoms with van der Waals surface area (Å²) >= 11 is 0. The summed E-state index contributed by atoms with van der Waals surface area (Å²) in [4.78, 5) is 13.7. The maximum Gasteiger partial charge on any atom is 0.177 e. The molecule has 0 bridgehead atoms. The van der Waals surface area contributed by atoms with Gasteiger partial charge in [0.05, 0.1) is 5.69 Å². The number of carbonyl (C=O) groups excluding carboxylic acids is 1. The molecule has 0 atom stereocenters. The molecule has 1 heterocycles. The predicted octanol–water partition coefficient (Wildman–Crippen LogP) is 2.50. The fourth-order valence-electron chi connectivity index (χ4n) is 1.21. The highest BCUT2D eigenvalue weighted by molar-refractivity contribution is 6.62. The standard InChI is InChI=1S/C9H6BNO.C2H6/c10-9(12)8-5-6-3-1-2-4-7(6)11-8;1-2/h1-5,11H;1-2H3. The molecular formula is C11H12BNO. The van der Waals surface area contributed by atoms with Gasteiger partial charge in [0.25, 0.3) is 0 Å². The van der Waals surface area contributed by atoms with Crippen molar-refractivity contribution in [2.45, 2.75) is 13.8 Å². The molecule has 1 aromatic carbocycles. The van der Waals surface area contributed by atoms with Crippen LogP contribution in [0.1, 0.15) is 24.3 Å². The van der Waals surface area contributed by atoms with E-state index in [1.165, 1.54) is 0 Å². The largest absolute Gasteiger partial charge is 0.353 e. The summed E-state index contributed by atoms with van der Waals surface area (Å²) in [7, 11) is 5.11. The maximum absolute atomic E-state index is 10.8. The van der Waals surface area contributed by atoms with Crippen molar-refractivity contribution in [3.8, 4) is 0 Å². The van der Waals surface area contributed by atoms with Crippen LogP contribution in [0.2, 0.25) is 0 Å². The number of aromatic amines is 1. The van der Waals surface area contributed by atoms with Crippen molar-refractivity contribution in [2.75, 3.05) is 0 Å². The predicted molar refractivity (Wildman–Crippen MR) is 59.7 cm³/mol. The number of rotatable bonds is 1. The van der Waals surface area contributed by atoms with Crippen LogP contribution in [0, 0.1) is 0 Å². The zero-order valence-corrected chi connectivity index (χ0v) is 8.37. The minimum atomic E-state index is -0.425. The van der Waals surface area contributed by atoms with Gasteiger partial charge in [0.1, 0.15) is 5.68 Å². The van der Waals surface area contributed by atoms with Crippen molar-refractivity contribution in [1.82, 2.24) is 4.98 Å². The van der Waals surface area contributed by atoms with Gasteiger partial charge in [0.15, 0.2) is 7.85 Å². The third kappa shape index (κ3) is 2.05. The molecule has 3 heteroatoms. The summed E-state index contributed by atoms with van der Waals surface area (Å²) in [6.07, 6.45) is 0. The molecule has 0 spiro atoms. The van der Waals surface area contributed by atoms with Gasteiger partial charge in [-0.3, -0.25) is 0 Å². The van der Waals surface area contributed by atoms with Crippen molar-refractivity contribution in [1.29, 1.82) is 0 Å². The first-order valence-electron chi connectivity index (χ1n) is 4.65. The Morgan fingerprint density at radius 3 is 2.50 bits per heavy atom. The van der Waals surface area contributed by atoms with Crippen LogP contribution in [0.15, 0.2) is 30.3 Å². The van der Waals surface area contributed by atoms with E-state index in [9.17, 15) is 4.79 Å². The Hall–Kier alpha value is -1.51. The van der Waals surface area contributed by atoms with Gasteiger partial charge in [-0.1, -0.05) is 32.0 Å². The Bertz CT molecular complexity index is 401. The molecule has 2 rings (SSSR count).